The zero-order chi connectivity index (χ0) is 24.1. The summed E-state index contributed by atoms with van der Waals surface area (Å²) in [5.74, 6) is 0.332. The first-order valence-corrected chi connectivity index (χ1v) is 12.4. The summed E-state index contributed by atoms with van der Waals surface area (Å²) in [6.07, 6.45) is 3.73. The smallest absolute Gasteiger partial charge is 0.414 e. The average molecular weight is 460 g/mol. The number of carbonyl (C=O) groups is 2. The zero-order valence-corrected chi connectivity index (χ0v) is 21.2. The number of nitrogens with zero attached hydrogens (tertiary/aromatic N) is 3. The third-order valence-corrected chi connectivity index (χ3v) is 6.76. The van der Waals surface area contributed by atoms with Gasteiger partial charge in [-0.25, -0.2) is 4.79 Å². The van der Waals surface area contributed by atoms with E-state index in [9.17, 15) is 9.59 Å². The van der Waals surface area contributed by atoms with Gasteiger partial charge < -0.3 is 19.3 Å². The van der Waals surface area contributed by atoms with Crippen LogP contribution in [0.1, 0.15) is 71.8 Å². The lowest BCUT2D eigenvalue weighted by Crippen LogP contribution is -2.51. The Bertz CT molecular complexity index is 822. The Morgan fingerprint density at radius 1 is 1.21 bits per heavy atom. The van der Waals surface area contributed by atoms with E-state index in [1.165, 1.54) is 5.56 Å². The van der Waals surface area contributed by atoms with Crippen molar-refractivity contribution in [1.29, 1.82) is 0 Å². The Kier molecular flexibility index (Phi) is 8.76. The molecule has 2 atom stereocenters. The number of amides is 2. The summed E-state index contributed by atoms with van der Waals surface area (Å²) >= 11 is 0. The Hall–Kier alpha value is -2.12. The molecule has 0 aromatic heterocycles. The number of benzene rings is 1. The van der Waals surface area contributed by atoms with Crippen molar-refractivity contribution in [3.63, 3.8) is 0 Å². The van der Waals surface area contributed by atoms with Crippen LogP contribution in [0.25, 0.3) is 0 Å². The standard InChI is InChI=1S/C26H41N3O4/c1-7-8-22(17-27(6)23-11-13-32-14-12-23)21-9-10-24-25(15-21)28(26(31)33-18(2)3)16-19(4)29(24)20(5)30/h9-10,15,18-19,22-23H,7-8,11-14,16-17H2,1-6H3/t19-,22?/m0/s1. The molecule has 184 valence electrons. The number of hydrogen-bond acceptors (Lipinski definition) is 5. The minimum atomic E-state index is -0.357. The first-order valence-electron chi connectivity index (χ1n) is 12.4. The summed E-state index contributed by atoms with van der Waals surface area (Å²) in [7, 11) is 2.21. The zero-order valence-electron chi connectivity index (χ0n) is 21.2. The summed E-state index contributed by atoms with van der Waals surface area (Å²) < 4.78 is 11.1. The predicted molar refractivity (Wildman–Crippen MR) is 132 cm³/mol. The fraction of sp³-hybridized carbons (Fsp3) is 0.692. The van der Waals surface area contributed by atoms with Crippen LogP contribution in [-0.2, 0) is 14.3 Å². The van der Waals surface area contributed by atoms with Crippen molar-refractivity contribution in [1.82, 2.24) is 4.90 Å². The van der Waals surface area contributed by atoms with Crippen LogP contribution in [-0.4, -0.2) is 68.4 Å². The van der Waals surface area contributed by atoms with Crippen LogP contribution in [0.4, 0.5) is 16.2 Å². The number of rotatable bonds is 7. The fourth-order valence-corrected chi connectivity index (χ4v) is 5.15. The van der Waals surface area contributed by atoms with Gasteiger partial charge in [0.25, 0.3) is 0 Å². The highest BCUT2D eigenvalue weighted by atomic mass is 16.6. The molecule has 2 aliphatic heterocycles. The van der Waals surface area contributed by atoms with E-state index in [0.29, 0.717) is 18.5 Å². The van der Waals surface area contributed by atoms with Crippen LogP contribution >= 0.6 is 0 Å². The van der Waals surface area contributed by atoms with Crippen molar-refractivity contribution in [2.45, 2.75) is 84.4 Å². The maximum Gasteiger partial charge on any atom is 0.414 e. The second-order valence-corrected chi connectivity index (χ2v) is 9.80. The van der Waals surface area contributed by atoms with Crippen LogP contribution < -0.4 is 9.80 Å². The van der Waals surface area contributed by atoms with E-state index in [0.717, 1.165) is 56.8 Å². The molecule has 7 heteroatoms. The molecule has 7 nitrogen and oxygen atoms in total. The Balaban J connectivity index is 1.93. The molecule has 1 saturated heterocycles. The van der Waals surface area contributed by atoms with Gasteiger partial charge in [0.15, 0.2) is 0 Å². The molecule has 33 heavy (non-hydrogen) atoms. The molecule has 0 radical (unpaired) electrons. The Labute approximate surface area is 199 Å². The molecule has 0 N–H and O–H groups in total. The fourth-order valence-electron chi connectivity index (χ4n) is 5.15. The summed E-state index contributed by atoms with van der Waals surface area (Å²) in [4.78, 5) is 31.4. The Morgan fingerprint density at radius 2 is 1.91 bits per heavy atom. The minimum Gasteiger partial charge on any atom is -0.446 e. The van der Waals surface area contributed by atoms with Gasteiger partial charge in [0.05, 0.1) is 23.5 Å². The van der Waals surface area contributed by atoms with Crippen molar-refractivity contribution in [3.05, 3.63) is 23.8 Å². The molecule has 0 saturated carbocycles. The summed E-state index contributed by atoms with van der Waals surface area (Å²) in [5, 5.41) is 0. The molecule has 2 heterocycles. The molecule has 1 fully saturated rings. The van der Waals surface area contributed by atoms with Gasteiger partial charge in [-0.2, -0.15) is 0 Å². The van der Waals surface area contributed by atoms with E-state index in [4.69, 9.17) is 9.47 Å². The maximum atomic E-state index is 13.0. The lowest BCUT2D eigenvalue weighted by atomic mass is 9.91. The van der Waals surface area contributed by atoms with E-state index in [-0.39, 0.29) is 24.1 Å². The number of carbonyl (C=O) groups excluding carboxylic acids is 2. The van der Waals surface area contributed by atoms with E-state index >= 15 is 0 Å². The van der Waals surface area contributed by atoms with E-state index in [2.05, 4.69) is 31.0 Å². The first kappa shape index (κ1) is 25.5. The van der Waals surface area contributed by atoms with Crippen LogP contribution in [0.3, 0.4) is 0 Å². The highest BCUT2D eigenvalue weighted by Crippen LogP contribution is 2.39. The molecule has 3 rings (SSSR count). The van der Waals surface area contributed by atoms with Gasteiger partial charge in [-0.3, -0.25) is 9.69 Å². The normalized spacial score (nSPS) is 20.2. The van der Waals surface area contributed by atoms with Gasteiger partial charge in [-0.1, -0.05) is 19.4 Å². The van der Waals surface area contributed by atoms with E-state index in [1.54, 1.807) is 16.7 Å². The topological polar surface area (TPSA) is 62.3 Å². The monoisotopic (exact) mass is 459 g/mol. The molecule has 0 spiro atoms. The molecule has 1 unspecified atom stereocenters. The predicted octanol–water partition coefficient (Wildman–Crippen LogP) is 4.79. The summed E-state index contributed by atoms with van der Waals surface area (Å²) in [5.41, 5.74) is 2.75. The quantitative estimate of drug-likeness (QED) is 0.587. The largest absolute Gasteiger partial charge is 0.446 e. The van der Waals surface area contributed by atoms with Gasteiger partial charge in [0, 0.05) is 39.3 Å². The van der Waals surface area contributed by atoms with E-state index in [1.807, 2.05) is 26.8 Å². The molecule has 2 aliphatic rings. The number of anilines is 2. The number of fused-ring (bicyclic) bond motifs is 1. The van der Waals surface area contributed by atoms with Crippen molar-refractivity contribution in [3.8, 4) is 0 Å². The highest BCUT2D eigenvalue weighted by molar-refractivity contribution is 6.02. The molecular formula is C26H41N3O4. The minimum absolute atomic E-state index is 0.0160. The van der Waals surface area contributed by atoms with Crippen LogP contribution in [0.15, 0.2) is 18.2 Å². The van der Waals surface area contributed by atoms with Crippen molar-refractivity contribution in [2.24, 2.45) is 0 Å². The molecule has 1 aromatic carbocycles. The number of ether oxygens (including phenoxy) is 2. The van der Waals surface area contributed by atoms with Gasteiger partial charge in [-0.15, -0.1) is 0 Å². The highest BCUT2D eigenvalue weighted by Gasteiger charge is 2.35. The summed E-state index contributed by atoms with van der Waals surface area (Å²) in [6.45, 7) is 12.5. The third kappa shape index (κ3) is 6.07. The molecule has 2 amide bonds. The van der Waals surface area contributed by atoms with Crippen molar-refractivity contribution < 1.29 is 19.1 Å². The molecule has 0 aliphatic carbocycles. The first-order chi connectivity index (χ1) is 15.7. The van der Waals surface area contributed by atoms with Crippen molar-refractivity contribution >= 4 is 23.4 Å². The van der Waals surface area contributed by atoms with Gasteiger partial charge >= 0.3 is 6.09 Å². The average Bonchev–Trinajstić information content (AvgIpc) is 2.77. The van der Waals surface area contributed by atoms with Crippen LogP contribution in [0.2, 0.25) is 0 Å². The lowest BCUT2D eigenvalue weighted by Gasteiger charge is -2.41. The van der Waals surface area contributed by atoms with Gasteiger partial charge in [0.1, 0.15) is 0 Å². The van der Waals surface area contributed by atoms with Gasteiger partial charge in [-0.05, 0) is 70.7 Å². The summed E-state index contributed by atoms with van der Waals surface area (Å²) in [6, 6.07) is 6.68. The lowest BCUT2D eigenvalue weighted by molar-refractivity contribution is -0.117. The second kappa shape index (κ2) is 11.3. The molecule has 0 bridgehead atoms. The Morgan fingerprint density at radius 3 is 2.52 bits per heavy atom. The van der Waals surface area contributed by atoms with Gasteiger partial charge in [0.2, 0.25) is 5.91 Å². The number of hydrogen-bond donors (Lipinski definition) is 0. The SMILES string of the molecule is CCCC(CN(C)C1CCOCC1)c1ccc2c(c1)N(C(=O)OC(C)C)C[C@H](C)N2C(C)=O. The second-order valence-electron chi connectivity index (χ2n) is 9.80. The van der Waals surface area contributed by atoms with Crippen LogP contribution in [0, 0.1) is 0 Å². The van der Waals surface area contributed by atoms with E-state index < -0.39 is 0 Å². The van der Waals surface area contributed by atoms with Crippen LogP contribution in [0.5, 0.6) is 0 Å². The van der Waals surface area contributed by atoms with Crippen molar-refractivity contribution in [2.75, 3.05) is 43.2 Å². The molecule has 1 aromatic rings. The molecular weight excluding hydrogens is 418 g/mol. The third-order valence-electron chi connectivity index (χ3n) is 6.76. The number of likely N-dealkylation sites (N-methyl/N-ethyl adjacent to an activating group) is 1. The maximum absolute atomic E-state index is 13.0.